The van der Waals surface area contributed by atoms with Crippen LogP contribution in [0.2, 0.25) is 0 Å². The van der Waals surface area contributed by atoms with Crippen molar-refractivity contribution in [2.45, 2.75) is 56.7 Å². The maximum Gasteiger partial charge on any atom is 0.225 e. The number of carbonyl (C=O) groups is 1. The Morgan fingerprint density at radius 1 is 1.42 bits per heavy atom. The highest BCUT2D eigenvalue weighted by Gasteiger charge is 2.48. The molecule has 2 aliphatic heterocycles. The second kappa shape index (κ2) is 5.77. The highest BCUT2D eigenvalue weighted by atomic mass is 16.5. The third-order valence-electron chi connectivity index (χ3n) is 6.00. The largest absolute Gasteiger partial charge is 0.378 e. The average Bonchev–Trinajstić information content (AvgIpc) is 2.97. The number of fused-ring (bicyclic) bond motifs is 2. The Morgan fingerprint density at radius 2 is 2.25 bits per heavy atom. The van der Waals surface area contributed by atoms with E-state index >= 15 is 0 Å². The minimum atomic E-state index is -0.216. The number of nitrogens with zero attached hydrogens (tertiary/aromatic N) is 3. The smallest absolute Gasteiger partial charge is 0.225 e. The predicted octanol–water partition coefficient (Wildman–Crippen LogP) is 1.74. The highest BCUT2D eigenvalue weighted by molar-refractivity contribution is 5.78. The van der Waals surface area contributed by atoms with Gasteiger partial charge in [-0.2, -0.15) is 0 Å². The summed E-state index contributed by atoms with van der Waals surface area (Å²) < 4.78 is 11.4. The molecule has 1 atom stereocenters. The molecule has 1 aromatic heterocycles. The summed E-state index contributed by atoms with van der Waals surface area (Å²) in [5.74, 6) is 0.985. The normalized spacial score (nSPS) is 27.8. The van der Waals surface area contributed by atoms with Crippen molar-refractivity contribution >= 4 is 5.91 Å². The third kappa shape index (κ3) is 2.52. The zero-order valence-corrected chi connectivity index (χ0v) is 14.5. The van der Waals surface area contributed by atoms with Crippen molar-refractivity contribution in [1.82, 2.24) is 14.9 Å². The Hall–Kier alpha value is -1.53. The Bertz CT molecular complexity index is 653. The summed E-state index contributed by atoms with van der Waals surface area (Å²) in [4.78, 5) is 23.8. The number of hydrogen-bond acceptors (Lipinski definition) is 5. The fourth-order valence-electron chi connectivity index (χ4n) is 4.29. The molecule has 1 spiro atoms. The maximum atomic E-state index is 12.8. The molecule has 1 unspecified atom stereocenters. The first-order chi connectivity index (χ1) is 11.6. The van der Waals surface area contributed by atoms with Crippen LogP contribution in [-0.4, -0.2) is 53.2 Å². The van der Waals surface area contributed by atoms with Gasteiger partial charge in [-0.3, -0.25) is 4.79 Å². The summed E-state index contributed by atoms with van der Waals surface area (Å²) in [6, 6.07) is 0. The van der Waals surface area contributed by atoms with Gasteiger partial charge < -0.3 is 14.4 Å². The van der Waals surface area contributed by atoms with E-state index in [1.54, 1.807) is 7.11 Å². The number of methoxy groups -OCH3 is 1. The zero-order valence-electron chi connectivity index (χ0n) is 14.5. The fraction of sp³-hybridized carbons (Fsp3) is 0.722. The first-order valence-electron chi connectivity index (χ1n) is 8.80. The molecular weight excluding hydrogens is 306 g/mol. The van der Waals surface area contributed by atoms with E-state index < -0.39 is 0 Å². The minimum Gasteiger partial charge on any atom is -0.378 e. The lowest BCUT2D eigenvalue weighted by atomic mass is 9.77. The van der Waals surface area contributed by atoms with Gasteiger partial charge in [-0.25, -0.2) is 9.97 Å². The lowest BCUT2D eigenvalue weighted by Crippen LogP contribution is -2.46. The van der Waals surface area contributed by atoms with Gasteiger partial charge in [0.1, 0.15) is 5.82 Å². The van der Waals surface area contributed by atoms with Crippen LogP contribution in [0.5, 0.6) is 0 Å². The Balaban J connectivity index is 1.52. The van der Waals surface area contributed by atoms with E-state index in [4.69, 9.17) is 14.5 Å². The number of likely N-dealkylation sites (tertiary alicyclic amines) is 1. The Morgan fingerprint density at radius 3 is 2.96 bits per heavy atom. The van der Waals surface area contributed by atoms with Crippen molar-refractivity contribution < 1.29 is 14.3 Å². The SMILES string of the molecule is COC1(CC(=O)N2CCC3(COCc4cnc(C)nc43)C2)CCC1. The molecule has 0 aromatic carbocycles. The number of hydrogen-bond donors (Lipinski definition) is 0. The standard InChI is InChI=1S/C18H25N3O3/c1-13-19-9-14-10-24-12-17(16(14)20-13)6-7-21(11-17)15(22)8-18(23-2)4-3-5-18/h9H,3-8,10-12H2,1-2H3. The van der Waals surface area contributed by atoms with Gasteiger partial charge in [0.2, 0.25) is 5.91 Å². The van der Waals surface area contributed by atoms with Crippen molar-refractivity contribution in [3.63, 3.8) is 0 Å². The van der Waals surface area contributed by atoms with Crippen LogP contribution in [0.4, 0.5) is 0 Å². The summed E-state index contributed by atoms with van der Waals surface area (Å²) in [5.41, 5.74) is 1.76. The molecule has 0 N–H and O–H groups in total. The van der Waals surface area contributed by atoms with Gasteiger partial charge in [0.15, 0.2) is 0 Å². The van der Waals surface area contributed by atoms with Crippen LogP contribution in [0.3, 0.4) is 0 Å². The van der Waals surface area contributed by atoms with Gasteiger partial charge in [-0.1, -0.05) is 0 Å². The third-order valence-corrected chi connectivity index (χ3v) is 6.00. The molecule has 2 fully saturated rings. The number of rotatable bonds is 3. The van der Waals surface area contributed by atoms with Gasteiger partial charge in [0.25, 0.3) is 0 Å². The van der Waals surface area contributed by atoms with E-state index in [1.165, 1.54) is 0 Å². The van der Waals surface area contributed by atoms with Crippen LogP contribution in [0.25, 0.3) is 0 Å². The molecule has 1 aromatic rings. The average molecular weight is 331 g/mol. The van der Waals surface area contributed by atoms with E-state index in [9.17, 15) is 4.79 Å². The summed E-state index contributed by atoms with van der Waals surface area (Å²) in [6.45, 7) is 4.58. The maximum absolute atomic E-state index is 12.8. The molecular formula is C18H25N3O3. The zero-order chi connectivity index (χ0) is 16.8. The molecule has 3 heterocycles. The van der Waals surface area contributed by atoms with Gasteiger partial charge in [-0.05, 0) is 32.6 Å². The molecule has 6 nitrogen and oxygen atoms in total. The quantitative estimate of drug-likeness (QED) is 0.844. The second-order valence-electron chi connectivity index (χ2n) is 7.55. The van der Waals surface area contributed by atoms with Crippen molar-refractivity contribution in [3.8, 4) is 0 Å². The van der Waals surface area contributed by atoms with Crippen LogP contribution < -0.4 is 0 Å². The van der Waals surface area contributed by atoms with E-state index in [1.807, 2.05) is 18.0 Å². The molecule has 0 bridgehead atoms. The van der Waals surface area contributed by atoms with Gasteiger partial charge >= 0.3 is 0 Å². The molecule has 130 valence electrons. The Kier molecular flexibility index (Phi) is 3.84. The number of aromatic nitrogens is 2. The number of aryl methyl sites for hydroxylation is 1. The highest BCUT2D eigenvalue weighted by Crippen LogP contribution is 2.42. The molecule has 1 amide bonds. The molecule has 24 heavy (non-hydrogen) atoms. The second-order valence-corrected chi connectivity index (χ2v) is 7.55. The molecule has 6 heteroatoms. The van der Waals surface area contributed by atoms with Gasteiger partial charge in [0.05, 0.1) is 36.3 Å². The molecule has 3 aliphatic rings. The molecule has 1 aliphatic carbocycles. The molecule has 1 saturated heterocycles. The fourth-order valence-corrected chi connectivity index (χ4v) is 4.29. The van der Waals surface area contributed by atoms with Crippen LogP contribution in [0.15, 0.2) is 6.20 Å². The van der Waals surface area contributed by atoms with E-state index in [0.29, 0.717) is 26.2 Å². The first kappa shape index (κ1) is 16.0. The number of ether oxygens (including phenoxy) is 2. The number of carbonyl (C=O) groups excluding carboxylic acids is 1. The van der Waals surface area contributed by atoms with Crippen molar-refractivity contribution in [3.05, 3.63) is 23.3 Å². The number of amides is 1. The van der Waals surface area contributed by atoms with Crippen LogP contribution in [-0.2, 0) is 26.3 Å². The molecule has 0 radical (unpaired) electrons. The lowest BCUT2D eigenvalue weighted by Gasteiger charge is -2.41. The minimum absolute atomic E-state index is 0.170. The van der Waals surface area contributed by atoms with Crippen molar-refractivity contribution in [2.24, 2.45) is 0 Å². The summed E-state index contributed by atoms with van der Waals surface area (Å²) >= 11 is 0. The predicted molar refractivity (Wildman–Crippen MR) is 87.5 cm³/mol. The Labute approximate surface area is 142 Å². The topological polar surface area (TPSA) is 64.5 Å². The molecule has 4 rings (SSSR count). The lowest BCUT2D eigenvalue weighted by molar-refractivity contribution is -0.143. The van der Waals surface area contributed by atoms with Crippen molar-refractivity contribution in [1.29, 1.82) is 0 Å². The van der Waals surface area contributed by atoms with Crippen LogP contribution in [0.1, 0.15) is 49.2 Å². The van der Waals surface area contributed by atoms with Gasteiger partial charge in [-0.15, -0.1) is 0 Å². The van der Waals surface area contributed by atoms with Crippen LogP contribution in [0, 0.1) is 6.92 Å². The monoisotopic (exact) mass is 331 g/mol. The van der Waals surface area contributed by atoms with E-state index in [2.05, 4.69) is 4.98 Å². The van der Waals surface area contributed by atoms with E-state index in [0.717, 1.165) is 49.3 Å². The van der Waals surface area contributed by atoms with Crippen molar-refractivity contribution in [2.75, 3.05) is 26.8 Å². The molecule has 1 saturated carbocycles. The summed E-state index contributed by atoms with van der Waals surface area (Å²) in [7, 11) is 1.73. The summed E-state index contributed by atoms with van der Waals surface area (Å²) in [5, 5.41) is 0. The first-order valence-corrected chi connectivity index (χ1v) is 8.80. The van der Waals surface area contributed by atoms with Crippen LogP contribution >= 0.6 is 0 Å². The summed E-state index contributed by atoms with van der Waals surface area (Å²) in [6.07, 6.45) is 6.41. The van der Waals surface area contributed by atoms with E-state index in [-0.39, 0.29) is 16.9 Å². The van der Waals surface area contributed by atoms with Gasteiger partial charge in [0, 0.05) is 32.0 Å².